The summed E-state index contributed by atoms with van der Waals surface area (Å²) in [5, 5.41) is 8.95. The molecular weight excluding hydrogens is 233 g/mol. The Kier molecular flexibility index (Phi) is 3.14. The molecule has 0 unspecified atom stereocenters. The van der Waals surface area contributed by atoms with E-state index >= 15 is 0 Å². The second kappa shape index (κ2) is 3.93. The van der Waals surface area contributed by atoms with E-state index in [-0.39, 0.29) is 5.69 Å². The van der Waals surface area contributed by atoms with Crippen LogP contribution in [-0.4, -0.2) is 18.3 Å². The monoisotopic (exact) mass is 247 g/mol. The predicted octanol–water partition coefficient (Wildman–Crippen LogP) is 2.07. The first-order chi connectivity index (χ1) is 7.13. The summed E-state index contributed by atoms with van der Waals surface area (Å²) in [5.74, 6) is -1.38. The molecule has 0 saturated heterocycles. The summed E-state index contributed by atoms with van der Waals surface area (Å²) in [7, 11) is -3.58. The lowest BCUT2D eigenvalue weighted by Crippen LogP contribution is -2.33. The van der Waals surface area contributed by atoms with Gasteiger partial charge in [0.05, 0.1) is 10.4 Å². The highest BCUT2D eigenvalue weighted by molar-refractivity contribution is 7.94. The average molecular weight is 247 g/mol. The Bertz CT molecular complexity index is 491. The molecule has 0 fully saturated rings. The molecule has 0 bridgehead atoms. The normalized spacial score (nSPS) is 12.5. The van der Waals surface area contributed by atoms with Gasteiger partial charge in [-0.25, -0.2) is 12.8 Å². The predicted molar refractivity (Wildman–Crippen MR) is 60.4 cm³/mol. The van der Waals surface area contributed by atoms with E-state index in [0.717, 1.165) is 12.1 Å². The molecule has 0 aliphatic heterocycles. The first-order valence-electron chi connectivity index (χ1n) is 4.64. The number of hydrogen-bond donors (Lipinski definition) is 2. The zero-order valence-corrected chi connectivity index (χ0v) is 10.1. The first kappa shape index (κ1) is 12.8. The smallest absolute Gasteiger partial charge is 0.237 e. The summed E-state index contributed by atoms with van der Waals surface area (Å²) in [4.78, 5) is 0. The molecule has 1 rings (SSSR count). The van der Waals surface area contributed by atoms with Gasteiger partial charge in [0.2, 0.25) is 10.0 Å². The van der Waals surface area contributed by atoms with Crippen LogP contribution in [0, 0.1) is 5.82 Å². The number of rotatable bonds is 2. The molecule has 16 heavy (non-hydrogen) atoms. The summed E-state index contributed by atoms with van der Waals surface area (Å²) in [6.45, 7) is 4.60. The van der Waals surface area contributed by atoms with Crippen molar-refractivity contribution in [2.24, 2.45) is 0 Å². The van der Waals surface area contributed by atoms with Crippen LogP contribution in [0.5, 0.6) is 5.75 Å². The van der Waals surface area contributed by atoms with Crippen LogP contribution < -0.4 is 4.72 Å². The van der Waals surface area contributed by atoms with Crippen molar-refractivity contribution < 1.29 is 17.9 Å². The molecule has 0 aliphatic rings. The van der Waals surface area contributed by atoms with Gasteiger partial charge in [0.25, 0.3) is 0 Å². The Hall–Kier alpha value is -1.30. The van der Waals surface area contributed by atoms with Gasteiger partial charge in [-0.05, 0) is 32.9 Å². The molecule has 0 radical (unpaired) electrons. The summed E-state index contributed by atoms with van der Waals surface area (Å²) < 4.78 is 37.7. The maximum absolute atomic E-state index is 13.0. The Labute approximate surface area is 94.2 Å². The maximum Gasteiger partial charge on any atom is 0.237 e. The molecule has 0 saturated carbocycles. The minimum Gasteiger partial charge on any atom is -0.505 e. The lowest BCUT2D eigenvalue weighted by molar-refractivity contribution is 0.432. The third kappa shape index (κ3) is 2.63. The van der Waals surface area contributed by atoms with E-state index < -0.39 is 26.3 Å². The molecular formula is C10H14FNO3S. The number of aromatic hydroxyl groups is 1. The molecule has 90 valence electrons. The number of benzene rings is 1. The van der Waals surface area contributed by atoms with Gasteiger partial charge >= 0.3 is 0 Å². The van der Waals surface area contributed by atoms with Gasteiger partial charge in [0.15, 0.2) is 11.6 Å². The number of phenolic OH excluding ortho intramolecular Hbond substituents is 1. The second-order valence-corrected chi connectivity index (χ2v) is 6.82. The lowest BCUT2D eigenvalue weighted by atomic mass is 10.3. The average Bonchev–Trinajstić information content (AvgIpc) is 2.09. The standard InChI is InChI=1S/C10H14FNO3S/c1-10(2,3)16(14,15)12-7-4-5-9(13)8(11)6-7/h4-6,12-13H,1-3H3. The molecule has 1 aromatic carbocycles. The molecule has 2 N–H and O–H groups in total. The molecule has 4 nitrogen and oxygen atoms in total. The molecule has 6 heteroatoms. The minimum atomic E-state index is -3.58. The number of phenols is 1. The third-order valence-electron chi connectivity index (χ3n) is 2.01. The summed E-state index contributed by atoms with van der Waals surface area (Å²) in [6, 6.07) is 3.32. The van der Waals surface area contributed by atoms with Crippen molar-refractivity contribution in [3.05, 3.63) is 24.0 Å². The van der Waals surface area contributed by atoms with Crippen molar-refractivity contribution in [2.45, 2.75) is 25.5 Å². The van der Waals surface area contributed by atoms with Crippen LogP contribution in [0.25, 0.3) is 0 Å². The highest BCUT2D eigenvalue weighted by Gasteiger charge is 2.28. The highest BCUT2D eigenvalue weighted by atomic mass is 32.2. The number of hydrogen-bond acceptors (Lipinski definition) is 3. The topological polar surface area (TPSA) is 66.4 Å². The van der Waals surface area contributed by atoms with Gasteiger partial charge in [-0.3, -0.25) is 4.72 Å². The molecule has 0 aliphatic carbocycles. The molecule has 1 aromatic rings. The quantitative estimate of drug-likeness (QED) is 0.786. The van der Waals surface area contributed by atoms with Crippen LogP contribution in [0.2, 0.25) is 0 Å². The molecule has 0 amide bonds. The highest BCUT2D eigenvalue weighted by Crippen LogP contribution is 2.23. The molecule has 0 heterocycles. The van der Waals surface area contributed by atoms with Gasteiger partial charge in [0, 0.05) is 6.07 Å². The van der Waals surface area contributed by atoms with Gasteiger partial charge < -0.3 is 5.11 Å². The Balaban J connectivity index is 3.03. The van der Waals surface area contributed by atoms with E-state index in [1.54, 1.807) is 0 Å². The first-order valence-corrected chi connectivity index (χ1v) is 6.13. The fourth-order valence-electron chi connectivity index (χ4n) is 0.879. The van der Waals surface area contributed by atoms with E-state index in [1.807, 2.05) is 0 Å². The Morgan fingerprint density at radius 1 is 1.31 bits per heavy atom. The van der Waals surface area contributed by atoms with Crippen molar-refractivity contribution in [2.75, 3.05) is 4.72 Å². The largest absolute Gasteiger partial charge is 0.505 e. The zero-order valence-electron chi connectivity index (χ0n) is 9.28. The van der Waals surface area contributed by atoms with Gasteiger partial charge in [-0.15, -0.1) is 0 Å². The fourth-order valence-corrected chi connectivity index (χ4v) is 1.62. The van der Waals surface area contributed by atoms with Crippen molar-refractivity contribution in [3.8, 4) is 5.75 Å². The number of nitrogens with one attached hydrogen (secondary N) is 1. The van der Waals surface area contributed by atoms with Crippen molar-refractivity contribution in [1.82, 2.24) is 0 Å². The minimum absolute atomic E-state index is 0.0882. The van der Waals surface area contributed by atoms with E-state index in [1.165, 1.54) is 26.8 Å². The Morgan fingerprint density at radius 2 is 1.88 bits per heavy atom. The number of sulfonamides is 1. The van der Waals surface area contributed by atoms with Crippen LogP contribution in [0.15, 0.2) is 18.2 Å². The van der Waals surface area contributed by atoms with Crippen molar-refractivity contribution in [1.29, 1.82) is 0 Å². The SMILES string of the molecule is CC(C)(C)S(=O)(=O)Nc1ccc(O)c(F)c1. The number of halogens is 1. The van der Waals surface area contributed by atoms with Crippen LogP contribution in [0.4, 0.5) is 10.1 Å². The van der Waals surface area contributed by atoms with Crippen LogP contribution in [-0.2, 0) is 10.0 Å². The second-order valence-electron chi connectivity index (χ2n) is 4.38. The van der Waals surface area contributed by atoms with Gasteiger partial charge in [-0.1, -0.05) is 0 Å². The Morgan fingerprint density at radius 3 is 2.31 bits per heavy atom. The van der Waals surface area contributed by atoms with Crippen LogP contribution >= 0.6 is 0 Å². The lowest BCUT2D eigenvalue weighted by Gasteiger charge is -2.20. The van der Waals surface area contributed by atoms with E-state index in [9.17, 15) is 12.8 Å². The molecule has 0 atom stereocenters. The molecule has 0 aromatic heterocycles. The third-order valence-corrected chi connectivity index (χ3v) is 4.12. The maximum atomic E-state index is 13.0. The van der Waals surface area contributed by atoms with Gasteiger partial charge in [0.1, 0.15) is 0 Å². The van der Waals surface area contributed by atoms with Crippen molar-refractivity contribution >= 4 is 15.7 Å². The molecule has 0 spiro atoms. The summed E-state index contributed by atoms with van der Waals surface area (Å²) in [6.07, 6.45) is 0. The van der Waals surface area contributed by atoms with Crippen LogP contribution in [0.3, 0.4) is 0 Å². The summed E-state index contributed by atoms with van der Waals surface area (Å²) in [5.41, 5.74) is 0.0882. The van der Waals surface area contributed by atoms with Crippen LogP contribution in [0.1, 0.15) is 20.8 Å². The van der Waals surface area contributed by atoms with E-state index in [4.69, 9.17) is 5.11 Å². The zero-order chi connectivity index (χ0) is 12.6. The summed E-state index contributed by atoms with van der Waals surface area (Å²) >= 11 is 0. The van der Waals surface area contributed by atoms with E-state index in [2.05, 4.69) is 4.72 Å². The van der Waals surface area contributed by atoms with E-state index in [0.29, 0.717) is 0 Å². The van der Waals surface area contributed by atoms with Gasteiger partial charge in [-0.2, -0.15) is 0 Å². The fraction of sp³-hybridized carbons (Fsp3) is 0.400. The van der Waals surface area contributed by atoms with Crippen molar-refractivity contribution in [3.63, 3.8) is 0 Å². The number of anilines is 1.